The number of halogens is 3. The van der Waals surface area contributed by atoms with E-state index in [9.17, 15) is 18.0 Å². The Morgan fingerprint density at radius 1 is 1.07 bits per heavy atom. The number of rotatable bonds is 5. The van der Waals surface area contributed by atoms with E-state index in [1.165, 1.54) is 6.07 Å². The molecule has 0 atom stereocenters. The molecule has 1 aromatic heterocycles. The van der Waals surface area contributed by atoms with Crippen molar-refractivity contribution in [2.45, 2.75) is 19.5 Å². The number of hydrogen-bond donors (Lipinski definition) is 0. The topological polar surface area (TPSA) is 44.1 Å². The number of benzene rings is 2. The lowest BCUT2D eigenvalue weighted by Gasteiger charge is -2.10. The summed E-state index contributed by atoms with van der Waals surface area (Å²) in [5.41, 5.74) is 1.16. The van der Waals surface area contributed by atoms with Crippen LogP contribution in [0.25, 0.3) is 5.69 Å². The zero-order valence-corrected chi connectivity index (χ0v) is 14.5. The highest BCUT2D eigenvalue weighted by atomic mass is 19.4. The Morgan fingerprint density at radius 3 is 2.48 bits per heavy atom. The van der Waals surface area contributed by atoms with Crippen LogP contribution in [-0.2, 0) is 17.3 Å². The van der Waals surface area contributed by atoms with Crippen LogP contribution in [0.2, 0.25) is 0 Å². The molecule has 0 radical (unpaired) electrons. The van der Waals surface area contributed by atoms with E-state index in [4.69, 9.17) is 4.74 Å². The fourth-order valence-electron chi connectivity index (χ4n) is 2.71. The predicted molar refractivity (Wildman–Crippen MR) is 93.8 cm³/mol. The Bertz CT molecular complexity index is 934. The Balaban J connectivity index is 2.00. The molecule has 0 fully saturated rings. The van der Waals surface area contributed by atoms with Crippen LogP contribution < -0.4 is 0 Å². The lowest BCUT2D eigenvalue weighted by atomic mass is 10.1. The van der Waals surface area contributed by atoms with Crippen molar-refractivity contribution >= 4 is 5.97 Å². The van der Waals surface area contributed by atoms with E-state index in [0.29, 0.717) is 16.9 Å². The standard InChI is InChI=1S/C20H17F3N2O2/c1-2-27-19(26)18-13-17(25(24-18)16-9-4-3-5-10-16)12-14-7-6-8-15(11-14)20(21,22)23/h3-11,13H,2,12H2,1H3. The first kappa shape index (κ1) is 18.7. The van der Waals surface area contributed by atoms with Crippen molar-refractivity contribution in [3.05, 3.63) is 83.2 Å². The second kappa shape index (κ2) is 7.65. The molecule has 2 aromatic carbocycles. The van der Waals surface area contributed by atoms with E-state index < -0.39 is 17.7 Å². The van der Waals surface area contributed by atoms with Crippen molar-refractivity contribution < 1.29 is 22.7 Å². The SMILES string of the molecule is CCOC(=O)c1cc(Cc2cccc(C(F)(F)F)c2)n(-c2ccccc2)n1. The van der Waals surface area contributed by atoms with Gasteiger partial charge in [-0.2, -0.15) is 18.3 Å². The fraction of sp³-hybridized carbons (Fsp3) is 0.200. The second-order valence-corrected chi connectivity index (χ2v) is 5.86. The van der Waals surface area contributed by atoms with Gasteiger partial charge in [0.2, 0.25) is 0 Å². The fourth-order valence-corrected chi connectivity index (χ4v) is 2.71. The number of ether oxygens (including phenoxy) is 1. The van der Waals surface area contributed by atoms with Crippen LogP contribution in [0.5, 0.6) is 0 Å². The zero-order valence-electron chi connectivity index (χ0n) is 14.5. The number of aromatic nitrogens is 2. The van der Waals surface area contributed by atoms with Crippen molar-refractivity contribution in [3.63, 3.8) is 0 Å². The monoisotopic (exact) mass is 374 g/mol. The molecule has 4 nitrogen and oxygen atoms in total. The molecular weight excluding hydrogens is 357 g/mol. The van der Waals surface area contributed by atoms with Gasteiger partial charge in [-0.25, -0.2) is 9.48 Å². The molecule has 3 rings (SSSR count). The third-order valence-corrected chi connectivity index (χ3v) is 3.91. The first-order valence-corrected chi connectivity index (χ1v) is 8.36. The third-order valence-electron chi connectivity index (χ3n) is 3.91. The number of carbonyl (C=O) groups excluding carboxylic acids is 1. The summed E-state index contributed by atoms with van der Waals surface area (Å²) in [4.78, 5) is 12.0. The van der Waals surface area contributed by atoms with Crippen LogP contribution >= 0.6 is 0 Å². The van der Waals surface area contributed by atoms with Crippen LogP contribution in [0.15, 0.2) is 60.7 Å². The molecule has 7 heteroatoms. The number of nitrogens with zero attached hydrogens (tertiary/aromatic N) is 2. The minimum absolute atomic E-state index is 0.114. The maximum Gasteiger partial charge on any atom is 0.416 e. The van der Waals surface area contributed by atoms with E-state index in [-0.39, 0.29) is 18.7 Å². The molecule has 0 aliphatic rings. The highest BCUT2D eigenvalue weighted by molar-refractivity contribution is 5.87. The van der Waals surface area contributed by atoms with E-state index in [2.05, 4.69) is 5.10 Å². The van der Waals surface area contributed by atoms with Gasteiger partial charge in [-0.15, -0.1) is 0 Å². The van der Waals surface area contributed by atoms with Gasteiger partial charge in [0.1, 0.15) is 0 Å². The molecular formula is C20H17F3N2O2. The summed E-state index contributed by atoms with van der Waals surface area (Å²) in [6.45, 7) is 1.90. The Hall–Kier alpha value is -3.09. The quantitative estimate of drug-likeness (QED) is 0.610. The van der Waals surface area contributed by atoms with Crippen LogP contribution in [-0.4, -0.2) is 22.4 Å². The first-order chi connectivity index (χ1) is 12.9. The van der Waals surface area contributed by atoms with Gasteiger partial charge >= 0.3 is 12.1 Å². The summed E-state index contributed by atoms with van der Waals surface area (Å²) in [6.07, 6.45) is -4.23. The minimum atomic E-state index is -4.41. The summed E-state index contributed by atoms with van der Waals surface area (Å²) in [7, 11) is 0. The van der Waals surface area contributed by atoms with E-state index >= 15 is 0 Å². The molecule has 0 unspecified atom stereocenters. The molecule has 3 aromatic rings. The first-order valence-electron chi connectivity index (χ1n) is 8.36. The third kappa shape index (κ3) is 4.36. The molecule has 0 aliphatic carbocycles. The van der Waals surface area contributed by atoms with Gasteiger partial charge < -0.3 is 4.74 Å². The van der Waals surface area contributed by atoms with E-state index in [1.807, 2.05) is 18.2 Å². The summed E-state index contributed by atoms with van der Waals surface area (Å²) >= 11 is 0. The van der Waals surface area contributed by atoms with Gasteiger partial charge in [-0.1, -0.05) is 36.4 Å². The molecule has 0 bridgehead atoms. The van der Waals surface area contributed by atoms with Gasteiger partial charge in [0.05, 0.1) is 17.9 Å². The number of hydrogen-bond acceptors (Lipinski definition) is 3. The van der Waals surface area contributed by atoms with Crippen LogP contribution in [0.3, 0.4) is 0 Å². The predicted octanol–water partition coefficient (Wildman–Crippen LogP) is 4.66. The maximum absolute atomic E-state index is 13.0. The van der Waals surface area contributed by atoms with Gasteiger partial charge in [0, 0.05) is 12.1 Å². The Morgan fingerprint density at radius 2 is 1.81 bits per heavy atom. The average Bonchev–Trinajstić information content (AvgIpc) is 3.06. The largest absolute Gasteiger partial charge is 0.461 e. The van der Waals surface area contributed by atoms with Gasteiger partial charge in [-0.3, -0.25) is 0 Å². The van der Waals surface area contributed by atoms with Gasteiger partial charge in [-0.05, 0) is 36.8 Å². The number of carbonyl (C=O) groups is 1. The van der Waals surface area contributed by atoms with Crippen molar-refractivity contribution in [3.8, 4) is 5.69 Å². The minimum Gasteiger partial charge on any atom is -0.461 e. The van der Waals surface area contributed by atoms with Crippen LogP contribution in [0.4, 0.5) is 13.2 Å². The van der Waals surface area contributed by atoms with Crippen LogP contribution in [0, 0.1) is 0 Å². The molecule has 0 saturated heterocycles. The number of para-hydroxylation sites is 1. The second-order valence-electron chi connectivity index (χ2n) is 5.86. The highest BCUT2D eigenvalue weighted by Gasteiger charge is 2.30. The zero-order chi connectivity index (χ0) is 19.4. The molecule has 140 valence electrons. The molecule has 0 N–H and O–H groups in total. The molecule has 1 heterocycles. The van der Waals surface area contributed by atoms with E-state index in [0.717, 1.165) is 12.1 Å². The summed E-state index contributed by atoms with van der Waals surface area (Å²) in [6, 6.07) is 15.7. The Kier molecular flexibility index (Phi) is 5.30. The lowest BCUT2D eigenvalue weighted by Crippen LogP contribution is -2.07. The summed E-state index contributed by atoms with van der Waals surface area (Å²) in [5.74, 6) is -0.572. The van der Waals surface area contributed by atoms with E-state index in [1.54, 1.807) is 35.9 Å². The van der Waals surface area contributed by atoms with Crippen molar-refractivity contribution in [1.29, 1.82) is 0 Å². The molecule has 0 amide bonds. The van der Waals surface area contributed by atoms with Crippen LogP contribution in [0.1, 0.15) is 34.2 Å². The average molecular weight is 374 g/mol. The normalized spacial score (nSPS) is 11.4. The lowest BCUT2D eigenvalue weighted by molar-refractivity contribution is -0.137. The maximum atomic E-state index is 13.0. The molecule has 27 heavy (non-hydrogen) atoms. The van der Waals surface area contributed by atoms with Gasteiger partial charge in [0.25, 0.3) is 0 Å². The molecule has 0 aliphatic heterocycles. The van der Waals surface area contributed by atoms with Crippen molar-refractivity contribution in [2.75, 3.05) is 6.61 Å². The number of esters is 1. The number of alkyl halides is 3. The van der Waals surface area contributed by atoms with Gasteiger partial charge in [0.15, 0.2) is 5.69 Å². The smallest absolute Gasteiger partial charge is 0.416 e. The summed E-state index contributed by atoms with van der Waals surface area (Å²) < 4.78 is 45.4. The molecule has 0 saturated carbocycles. The Labute approximate surface area is 154 Å². The highest BCUT2D eigenvalue weighted by Crippen LogP contribution is 2.30. The summed E-state index contributed by atoms with van der Waals surface area (Å²) in [5, 5.41) is 4.29. The molecule has 0 spiro atoms. The van der Waals surface area contributed by atoms with Crippen molar-refractivity contribution in [2.24, 2.45) is 0 Å². The van der Waals surface area contributed by atoms with Crippen molar-refractivity contribution in [1.82, 2.24) is 9.78 Å².